The number of fused-ring (bicyclic) bond motifs is 2. The van der Waals surface area contributed by atoms with Gasteiger partial charge in [-0.2, -0.15) is 0 Å². The van der Waals surface area contributed by atoms with Gasteiger partial charge in [-0.25, -0.2) is 9.97 Å². The number of nitrogens with zero attached hydrogens (tertiary/aromatic N) is 4. The summed E-state index contributed by atoms with van der Waals surface area (Å²) in [5.41, 5.74) is -0.00134. The largest absolute Gasteiger partial charge is 0.388 e. The molecular weight excluding hydrogens is 288 g/mol. The zero-order chi connectivity index (χ0) is 16.0. The molecule has 0 unspecified atom stereocenters. The molecule has 0 saturated carbocycles. The summed E-state index contributed by atoms with van der Waals surface area (Å²) in [7, 11) is 3.03. The number of benzene rings is 1. The van der Waals surface area contributed by atoms with Gasteiger partial charge in [0, 0.05) is 14.1 Å². The first-order valence-electron chi connectivity index (χ1n) is 6.59. The minimum absolute atomic E-state index is 0.216. The highest BCUT2D eigenvalue weighted by atomic mass is 16.3. The maximum absolute atomic E-state index is 12.3. The van der Waals surface area contributed by atoms with Crippen LogP contribution in [-0.4, -0.2) is 29.3 Å². The average molecular weight is 302 g/mol. The third-order valence-corrected chi connectivity index (χ3v) is 3.74. The van der Waals surface area contributed by atoms with Crippen molar-refractivity contribution in [3.05, 3.63) is 44.5 Å². The second kappa shape index (κ2) is 5.00. The molecular formula is C14H14N4O4. The van der Waals surface area contributed by atoms with Crippen LogP contribution in [0.5, 0.6) is 0 Å². The fraction of sp³-hybridized carbons (Fsp3) is 0.286. The summed E-state index contributed by atoms with van der Waals surface area (Å²) < 4.78 is 2.50. The lowest BCUT2D eigenvalue weighted by molar-refractivity contribution is 0.265. The van der Waals surface area contributed by atoms with Crippen LogP contribution in [0.3, 0.4) is 0 Å². The zero-order valence-corrected chi connectivity index (χ0v) is 12.1. The quantitative estimate of drug-likeness (QED) is 0.598. The van der Waals surface area contributed by atoms with E-state index in [1.807, 2.05) is 0 Å². The van der Waals surface area contributed by atoms with Gasteiger partial charge in [-0.15, -0.1) is 0 Å². The van der Waals surface area contributed by atoms with Crippen molar-refractivity contribution in [1.29, 1.82) is 0 Å². The summed E-state index contributed by atoms with van der Waals surface area (Å²) in [5.74, 6) is 0.433. The van der Waals surface area contributed by atoms with E-state index in [1.54, 1.807) is 0 Å². The minimum atomic E-state index is -0.376. The lowest BCUT2D eigenvalue weighted by Gasteiger charge is -2.09. The second-order valence-corrected chi connectivity index (χ2v) is 4.99. The summed E-state index contributed by atoms with van der Waals surface area (Å²) in [5, 5.41) is 19.1. The van der Waals surface area contributed by atoms with Crippen molar-refractivity contribution < 1.29 is 10.2 Å². The molecule has 2 N–H and O–H groups in total. The molecule has 0 fully saturated rings. The normalized spacial score (nSPS) is 11.5. The third-order valence-electron chi connectivity index (χ3n) is 3.74. The minimum Gasteiger partial charge on any atom is -0.388 e. The Morgan fingerprint density at radius 2 is 1.23 bits per heavy atom. The molecule has 8 nitrogen and oxygen atoms in total. The first-order chi connectivity index (χ1) is 10.5. The van der Waals surface area contributed by atoms with Crippen LogP contribution < -0.4 is 11.1 Å². The lowest BCUT2D eigenvalue weighted by Crippen LogP contribution is -2.24. The number of aliphatic hydroxyl groups is 2. The molecule has 0 bridgehead atoms. The predicted octanol–water partition coefficient (Wildman–Crippen LogP) is -0.835. The van der Waals surface area contributed by atoms with Crippen molar-refractivity contribution in [1.82, 2.24) is 19.1 Å². The Kier molecular flexibility index (Phi) is 3.27. The molecule has 0 aliphatic rings. The highest BCUT2D eigenvalue weighted by Gasteiger charge is 2.13. The fourth-order valence-electron chi connectivity index (χ4n) is 2.41. The van der Waals surface area contributed by atoms with Gasteiger partial charge in [-0.1, -0.05) is 0 Å². The van der Waals surface area contributed by atoms with Crippen LogP contribution >= 0.6 is 0 Å². The SMILES string of the molecule is Cn1c(CO)nc2cc3c(=O)n(C)c(CO)nc3cc2c1=O. The maximum atomic E-state index is 12.3. The van der Waals surface area contributed by atoms with E-state index in [1.165, 1.54) is 35.4 Å². The zero-order valence-electron chi connectivity index (χ0n) is 12.1. The maximum Gasteiger partial charge on any atom is 0.261 e. The van der Waals surface area contributed by atoms with Crippen molar-refractivity contribution in [3.8, 4) is 0 Å². The van der Waals surface area contributed by atoms with Gasteiger partial charge in [0.15, 0.2) is 0 Å². The Hall–Kier alpha value is -2.58. The summed E-state index contributed by atoms with van der Waals surface area (Å²) in [4.78, 5) is 33.0. The number of aliphatic hydroxyl groups excluding tert-OH is 2. The molecule has 0 spiro atoms. The summed E-state index contributed by atoms with van der Waals surface area (Å²) >= 11 is 0. The topological polar surface area (TPSA) is 110 Å². The summed E-state index contributed by atoms with van der Waals surface area (Å²) in [6.07, 6.45) is 0. The van der Waals surface area contributed by atoms with Crippen LogP contribution in [0, 0.1) is 0 Å². The highest BCUT2D eigenvalue weighted by Crippen LogP contribution is 2.16. The van der Waals surface area contributed by atoms with Crippen LogP contribution in [0.15, 0.2) is 21.7 Å². The number of aromatic nitrogens is 4. The van der Waals surface area contributed by atoms with Gasteiger partial charge in [0.05, 0.1) is 21.8 Å². The molecule has 0 radical (unpaired) electrons. The molecule has 2 heterocycles. The van der Waals surface area contributed by atoms with Crippen molar-refractivity contribution >= 4 is 21.8 Å². The Morgan fingerprint density at radius 1 is 0.864 bits per heavy atom. The molecule has 8 heteroatoms. The summed E-state index contributed by atoms with van der Waals surface area (Å²) in [6.45, 7) is -0.751. The third kappa shape index (κ3) is 1.92. The number of hydrogen-bond donors (Lipinski definition) is 2. The van der Waals surface area contributed by atoms with E-state index in [0.717, 1.165) is 0 Å². The van der Waals surface area contributed by atoms with Gasteiger partial charge in [-0.05, 0) is 12.1 Å². The lowest BCUT2D eigenvalue weighted by atomic mass is 10.1. The molecule has 0 amide bonds. The van der Waals surface area contributed by atoms with Crippen molar-refractivity contribution in [2.75, 3.05) is 0 Å². The van der Waals surface area contributed by atoms with Crippen LogP contribution in [0.1, 0.15) is 11.6 Å². The molecule has 2 aromatic heterocycles. The molecule has 0 atom stereocenters. The van der Waals surface area contributed by atoms with E-state index in [-0.39, 0.29) is 36.0 Å². The van der Waals surface area contributed by atoms with Gasteiger partial charge in [0.1, 0.15) is 24.9 Å². The van der Waals surface area contributed by atoms with E-state index in [4.69, 9.17) is 0 Å². The smallest absolute Gasteiger partial charge is 0.261 e. The Morgan fingerprint density at radius 3 is 1.55 bits per heavy atom. The van der Waals surface area contributed by atoms with Crippen molar-refractivity contribution in [2.45, 2.75) is 13.2 Å². The van der Waals surface area contributed by atoms with Crippen LogP contribution in [0.25, 0.3) is 21.8 Å². The molecule has 0 saturated heterocycles. The van der Waals surface area contributed by atoms with Crippen LogP contribution in [-0.2, 0) is 27.3 Å². The molecule has 0 aliphatic carbocycles. The van der Waals surface area contributed by atoms with E-state index >= 15 is 0 Å². The highest BCUT2D eigenvalue weighted by molar-refractivity contribution is 5.93. The van der Waals surface area contributed by atoms with Crippen molar-refractivity contribution in [3.63, 3.8) is 0 Å². The number of rotatable bonds is 2. The fourth-order valence-corrected chi connectivity index (χ4v) is 2.41. The molecule has 3 aromatic rings. The summed E-state index contributed by atoms with van der Waals surface area (Å²) in [6, 6.07) is 2.98. The standard InChI is InChI=1S/C14H14N4O4/c1-17-11(5-19)15-9-4-8-10(3-7(9)13(17)21)16-12(6-20)18(2)14(8)22/h3-4,19-20H,5-6H2,1-2H3. The van der Waals surface area contributed by atoms with Crippen LogP contribution in [0.4, 0.5) is 0 Å². The molecule has 22 heavy (non-hydrogen) atoms. The van der Waals surface area contributed by atoms with Gasteiger partial charge < -0.3 is 10.2 Å². The van der Waals surface area contributed by atoms with Crippen LogP contribution in [0.2, 0.25) is 0 Å². The predicted molar refractivity (Wildman–Crippen MR) is 79.4 cm³/mol. The van der Waals surface area contributed by atoms with E-state index < -0.39 is 0 Å². The Bertz CT molecular complexity index is 936. The monoisotopic (exact) mass is 302 g/mol. The molecule has 1 aromatic carbocycles. The van der Waals surface area contributed by atoms with Gasteiger partial charge in [0.25, 0.3) is 11.1 Å². The van der Waals surface area contributed by atoms with E-state index in [0.29, 0.717) is 21.8 Å². The van der Waals surface area contributed by atoms with E-state index in [9.17, 15) is 19.8 Å². The molecule has 3 rings (SSSR count). The second-order valence-electron chi connectivity index (χ2n) is 4.99. The Labute approximate surface area is 123 Å². The van der Waals surface area contributed by atoms with Gasteiger partial charge in [-0.3, -0.25) is 18.7 Å². The van der Waals surface area contributed by atoms with Crippen molar-refractivity contribution in [2.24, 2.45) is 14.1 Å². The first kappa shape index (κ1) is 14.4. The van der Waals surface area contributed by atoms with Gasteiger partial charge in [0.2, 0.25) is 0 Å². The molecule has 114 valence electrons. The number of hydrogen-bond acceptors (Lipinski definition) is 6. The Balaban J connectivity index is 2.52. The van der Waals surface area contributed by atoms with Gasteiger partial charge >= 0.3 is 0 Å². The van der Waals surface area contributed by atoms with E-state index in [2.05, 4.69) is 9.97 Å². The first-order valence-corrected chi connectivity index (χ1v) is 6.59. The average Bonchev–Trinajstić information content (AvgIpc) is 2.53. The molecule has 0 aliphatic heterocycles.